The Balaban J connectivity index is 2.27. The summed E-state index contributed by atoms with van der Waals surface area (Å²) >= 11 is 0. The topological polar surface area (TPSA) is 73.4 Å². The van der Waals surface area contributed by atoms with Crippen LogP contribution in [-0.2, 0) is 14.2 Å². The van der Waals surface area contributed by atoms with Crippen LogP contribution in [0.1, 0.15) is 53.5 Å². The minimum absolute atomic E-state index is 0.134. The first-order valence-corrected chi connectivity index (χ1v) is 6.69. The molecule has 0 bridgehead atoms. The number of allylic oxidation sites excluding steroid dienone is 1. The lowest BCUT2D eigenvalue weighted by Gasteiger charge is -2.12. The molecule has 0 spiro atoms. The van der Waals surface area contributed by atoms with Gasteiger partial charge in [-0.3, -0.25) is 5.10 Å². The van der Waals surface area contributed by atoms with Crippen molar-refractivity contribution in [2.45, 2.75) is 31.8 Å². The average molecular weight is 280 g/mol. The summed E-state index contributed by atoms with van der Waals surface area (Å²) in [6.07, 6.45) is 3.26. The number of carbonyl (C=O) groups excluding carboxylic acids is 1. The highest BCUT2D eigenvalue weighted by molar-refractivity contribution is 5.89. The number of rotatable bonds is 7. The molecular formula is C14H20N2O4. The third kappa shape index (κ3) is 2.76. The molecule has 0 saturated heterocycles. The van der Waals surface area contributed by atoms with E-state index in [0.29, 0.717) is 12.3 Å². The predicted molar refractivity (Wildman–Crippen MR) is 72.4 cm³/mol. The molecule has 110 valence electrons. The second-order valence-corrected chi connectivity index (χ2v) is 4.64. The zero-order valence-corrected chi connectivity index (χ0v) is 11.8. The Bertz CT molecular complexity index is 484. The second kappa shape index (κ2) is 6.67. The molecule has 1 aromatic rings. The number of ether oxygens (including phenoxy) is 3. The lowest BCUT2D eigenvalue weighted by molar-refractivity contribution is -0.0750. The first kappa shape index (κ1) is 14.7. The number of esters is 1. The fraction of sp³-hybridized carbons (Fsp3) is 0.571. The standard InChI is InChI=1S/C14H20N2O4/c1-4-6-9-7-10(20-8-18-3)12-11(9)13(16-15-12)14(17)19-5-2/h4,9-10H,1,5-8H2,2-3H3,(H,15,16). The fourth-order valence-corrected chi connectivity index (χ4v) is 2.59. The van der Waals surface area contributed by atoms with Gasteiger partial charge in [-0.2, -0.15) is 5.10 Å². The summed E-state index contributed by atoms with van der Waals surface area (Å²) in [4.78, 5) is 11.9. The summed E-state index contributed by atoms with van der Waals surface area (Å²) in [5, 5.41) is 7.00. The Kier molecular flexibility index (Phi) is 4.92. The Hall–Kier alpha value is -1.66. The minimum Gasteiger partial charge on any atom is -0.461 e. The average Bonchev–Trinajstić information content (AvgIpc) is 2.99. The summed E-state index contributed by atoms with van der Waals surface area (Å²) in [6.45, 7) is 6.08. The van der Waals surface area contributed by atoms with Crippen LogP contribution in [0.5, 0.6) is 0 Å². The Labute approximate surface area is 118 Å². The van der Waals surface area contributed by atoms with Crippen LogP contribution < -0.4 is 0 Å². The largest absolute Gasteiger partial charge is 0.461 e. The minimum atomic E-state index is -0.397. The van der Waals surface area contributed by atoms with Crippen molar-refractivity contribution in [1.82, 2.24) is 10.2 Å². The lowest BCUT2D eigenvalue weighted by Crippen LogP contribution is -2.09. The van der Waals surface area contributed by atoms with Crippen LogP contribution >= 0.6 is 0 Å². The Morgan fingerprint density at radius 1 is 1.60 bits per heavy atom. The van der Waals surface area contributed by atoms with E-state index in [-0.39, 0.29) is 18.8 Å². The molecule has 1 aromatic heterocycles. The molecule has 20 heavy (non-hydrogen) atoms. The first-order chi connectivity index (χ1) is 9.72. The van der Waals surface area contributed by atoms with Gasteiger partial charge in [-0.05, 0) is 25.7 Å². The lowest BCUT2D eigenvalue weighted by atomic mass is 9.98. The molecule has 0 aliphatic heterocycles. The van der Waals surface area contributed by atoms with Crippen molar-refractivity contribution < 1.29 is 19.0 Å². The van der Waals surface area contributed by atoms with Crippen LogP contribution in [0.15, 0.2) is 12.7 Å². The number of hydrogen-bond donors (Lipinski definition) is 1. The number of methoxy groups -OCH3 is 1. The predicted octanol–water partition coefficient (Wildman–Crippen LogP) is 2.31. The molecule has 2 atom stereocenters. The molecule has 0 radical (unpaired) electrons. The van der Waals surface area contributed by atoms with Crippen LogP contribution in [0.4, 0.5) is 0 Å². The molecule has 0 fully saturated rings. The van der Waals surface area contributed by atoms with E-state index >= 15 is 0 Å². The zero-order chi connectivity index (χ0) is 14.5. The van der Waals surface area contributed by atoms with Gasteiger partial charge >= 0.3 is 5.97 Å². The SMILES string of the molecule is C=CCC1CC(OCOC)c2[nH]nc(C(=O)OCC)c21. The molecule has 1 aliphatic carbocycles. The molecule has 0 amide bonds. The monoisotopic (exact) mass is 280 g/mol. The number of aromatic amines is 1. The van der Waals surface area contributed by atoms with Crippen LogP contribution in [0.3, 0.4) is 0 Å². The van der Waals surface area contributed by atoms with Crippen LogP contribution in [-0.4, -0.2) is 36.7 Å². The third-order valence-corrected chi connectivity index (χ3v) is 3.37. The summed E-state index contributed by atoms with van der Waals surface area (Å²) in [5.74, 6) is -0.228. The van der Waals surface area contributed by atoms with Crippen LogP contribution in [0.25, 0.3) is 0 Å². The highest BCUT2D eigenvalue weighted by Gasteiger charge is 2.37. The van der Waals surface area contributed by atoms with Gasteiger partial charge < -0.3 is 14.2 Å². The third-order valence-electron chi connectivity index (χ3n) is 3.37. The van der Waals surface area contributed by atoms with E-state index in [0.717, 1.165) is 24.1 Å². The van der Waals surface area contributed by atoms with E-state index in [4.69, 9.17) is 14.2 Å². The van der Waals surface area contributed by atoms with Gasteiger partial charge in [0.15, 0.2) is 5.69 Å². The van der Waals surface area contributed by atoms with Gasteiger partial charge in [-0.15, -0.1) is 6.58 Å². The molecule has 1 aliphatic rings. The number of nitrogens with zero attached hydrogens (tertiary/aromatic N) is 1. The molecule has 1 N–H and O–H groups in total. The maximum atomic E-state index is 11.9. The molecule has 0 saturated carbocycles. The molecule has 1 heterocycles. The molecule has 6 heteroatoms. The van der Waals surface area contributed by atoms with E-state index in [9.17, 15) is 4.79 Å². The van der Waals surface area contributed by atoms with Gasteiger partial charge in [0.05, 0.1) is 12.3 Å². The van der Waals surface area contributed by atoms with E-state index < -0.39 is 5.97 Å². The maximum absolute atomic E-state index is 11.9. The quantitative estimate of drug-likeness (QED) is 0.471. The van der Waals surface area contributed by atoms with Gasteiger partial charge in [0.25, 0.3) is 0 Å². The van der Waals surface area contributed by atoms with Gasteiger partial charge in [0.2, 0.25) is 0 Å². The van der Waals surface area contributed by atoms with Gasteiger partial charge in [-0.25, -0.2) is 4.79 Å². The van der Waals surface area contributed by atoms with Crippen LogP contribution in [0, 0.1) is 0 Å². The molecule has 2 rings (SSSR count). The number of hydrogen-bond acceptors (Lipinski definition) is 5. The van der Waals surface area contributed by atoms with Crippen molar-refractivity contribution >= 4 is 5.97 Å². The van der Waals surface area contributed by atoms with Crippen molar-refractivity contribution in [3.63, 3.8) is 0 Å². The van der Waals surface area contributed by atoms with Crippen molar-refractivity contribution in [2.75, 3.05) is 20.5 Å². The van der Waals surface area contributed by atoms with E-state index in [1.54, 1.807) is 14.0 Å². The summed E-state index contributed by atoms with van der Waals surface area (Å²) in [5.41, 5.74) is 2.10. The molecular weight excluding hydrogens is 260 g/mol. The Morgan fingerprint density at radius 2 is 2.40 bits per heavy atom. The number of nitrogens with one attached hydrogen (secondary N) is 1. The van der Waals surface area contributed by atoms with E-state index in [1.165, 1.54) is 0 Å². The number of carbonyl (C=O) groups is 1. The van der Waals surface area contributed by atoms with Gasteiger partial charge in [-0.1, -0.05) is 6.08 Å². The van der Waals surface area contributed by atoms with Gasteiger partial charge in [0, 0.05) is 12.7 Å². The molecule has 6 nitrogen and oxygen atoms in total. The number of H-pyrrole nitrogens is 1. The smallest absolute Gasteiger partial charge is 0.359 e. The zero-order valence-electron chi connectivity index (χ0n) is 11.8. The van der Waals surface area contributed by atoms with E-state index in [2.05, 4.69) is 16.8 Å². The first-order valence-electron chi connectivity index (χ1n) is 6.69. The van der Waals surface area contributed by atoms with Crippen molar-refractivity contribution in [1.29, 1.82) is 0 Å². The normalized spacial score (nSPS) is 20.7. The highest BCUT2D eigenvalue weighted by atomic mass is 16.7. The molecule has 0 aromatic carbocycles. The fourth-order valence-electron chi connectivity index (χ4n) is 2.59. The van der Waals surface area contributed by atoms with Crippen molar-refractivity contribution in [3.05, 3.63) is 29.6 Å². The number of aromatic nitrogens is 2. The van der Waals surface area contributed by atoms with Gasteiger partial charge in [0.1, 0.15) is 12.9 Å². The molecule has 2 unspecified atom stereocenters. The number of fused-ring (bicyclic) bond motifs is 1. The summed E-state index contributed by atoms with van der Waals surface area (Å²) < 4.78 is 15.6. The summed E-state index contributed by atoms with van der Waals surface area (Å²) in [6, 6.07) is 0. The van der Waals surface area contributed by atoms with Crippen LogP contribution in [0.2, 0.25) is 0 Å². The van der Waals surface area contributed by atoms with Crippen molar-refractivity contribution in [2.24, 2.45) is 0 Å². The Morgan fingerprint density at radius 3 is 3.05 bits per heavy atom. The summed E-state index contributed by atoms with van der Waals surface area (Å²) in [7, 11) is 1.58. The van der Waals surface area contributed by atoms with E-state index in [1.807, 2.05) is 6.08 Å². The highest BCUT2D eigenvalue weighted by Crippen LogP contribution is 2.44. The second-order valence-electron chi connectivity index (χ2n) is 4.64. The maximum Gasteiger partial charge on any atom is 0.359 e. The van der Waals surface area contributed by atoms with Crippen molar-refractivity contribution in [3.8, 4) is 0 Å².